The van der Waals surface area contributed by atoms with Gasteiger partial charge >= 0.3 is 6.18 Å². The Hall–Kier alpha value is -1.23. The van der Waals surface area contributed by atoms with Gasteiger partial charge in [0.2, 0.25) is 0 Å². The van der Waals surface area contributed by atoms with Crippen molar-refractivity contribution in [2.75, 3.05) is 25.0 Å². The molecular weight excluding hydrogens is 253 g/mol. The Balaban J connectivity index is 2.58. The Morgan fingerprint density at radius 3 is 2.05 bits per heavy atom. The molecule has 1 rings (SSSR count). The van der Waals surface area contributed by atoms with E-state index in [0.29, 0.717) is 5.69 Å². The van der Waals surface area contributed by atoms with Crippen molar-refractivity contribution >= 4 is 5.69 Å². The van der Waals surface area contributed by atoms with E-state index in [0.717, 1.165) is 31.8 Å². The molecule has 19 heavy (non-hydrogen) atoms. The normalized spacial score (nSPS) is 13.6. The second-order valence-electron chi connectivity index (χ2n) is 4.61. The van der Waals surface area contributed by atoms with Gasteiger partial charge < -0.3 is 10.2 Å². The van der Waals surface area contributed by atoms with E-state index >= 15 is 0 Å². The van der Waals surface area contributed by atoms with Crippen molar-refractivity contribution in [3.63, 3.8) is 0 Å². The Kier molecular flexibility index (Phi) is 5.66. The van der Waals surface area contributed by atoms with Crippen LogP contribution in [0.25, 0.3) is 0 Å². The lowest BCUT2D eigenvalue weighted by atomic mass is 10.2. The van der Waals surface area contributed by atoms with E-state index < -0.39 is 11.7 Å². The van der Waals surface area contributed by atoms with E-state index in [9.17, 15) is 13.2 Å². The monoisotopic (exact) mass is 274 g/mol. The van der Waals surface area contributed by atoms with Crippen LogP contribution < -0.4 is 5.32 Å². The fourth-order valence-corrected chi connectivity index (χ4v) is 1.95. The van der Waals surface area contributed by atoms with E-state index in [1.807, 2.05) is 6.92 Å². The van der Waals surface area contributed by atoms with E-state index in [1.165, 1.54) is 12.1 Å². The number of alkyl halides is 3. The van der Waals surface area contributed by atoms with E-state index in [2.05, 4.69) is 24.1 Å². The molecule has 5 heteroatoms. The van der Waals surface area contributed by atoms with Gasteiger partial charge in [0.15, 0.2) is 0 Å². The minimum absolute atomic E-state index is 0.191. The quantitative estimate of drug-likeness (QED) is 0.847. The third kappa shape index (κ3) is 5.11. The Labute approximate surface area is 112 Å². The highest BCUT2D eigenvalue weighted by Crippen LogP contribution is 2.29. The first-order valence-electron chi connectivity index (χ1n) is 6.53. The lowest BCUT2D eigenvalue weighted by Crippen LogP contribution is -2.34. The van der Waals surface area contributed by atoms with E-state index in [-0.39, 0.29) is 6.04 Å². The molecule has 2 nitrogen and oxygen atoms in total. The predicted molar refractivity (Wildman–Crippen MR) is 72.3 cm³/mol. The average Bonchev–Trinajstić information content (AvgIpc) is 2.35. The minimum atomic E-state index is -4.27. The number of nitrogens with one attached hydrogen (secondary N) is 1. The molecule has 1 aromatic rings. The summed E-state index contributed by atoms with van der Waals surface area (Å²) in [7, 11) is 0. The van der Waals surface area contributed by atoms with Crippen molar-refractivity contribution in [2.45, 2.75) is 33.0 Å². The molecule has 0 amide bonds. The fourth-order valence-electron chi connectivity index (χ4n) is 1.95. The van der Waals surface area contributed by atoms with Gasteiger partial charge in [0, 0.05) is 18.3 Å². The van der Waals surface area contributed by atoms with Crippen molar-refractivity contribution in [1.29, 1.82) is 0 Å². The zero-order valence-corrected chi connectivity index (χ0v) is 11.6. The molecular formula is C14H21F3N2. The number of hydrogen-bond donors (Lipinski definition) is 1. The highest BCUT2D eigenvalue weighted by molar-refractivity contribution is 5.45. The third-order valence-corrected chi connectivity index (χ3v) is 3.05. The molecule has 0 saturated heterocycles. The standard InChI is InChI=1S/C14H21F3N2/c1-4-19(5-2)10-11(3)18-13-8-6-12(7-9-13)14(15,16)17/h6-9,11,18H,4-5,10H2,1-3H3. The van der Waals surface area contributed by atoms with Gasteiger partial charge in [-0.25, -0.2) is 0 Å². The van der Waals surface area contributed by atoms with Crippen molar-refractivity contribution in [1.82, 2.24) is 4.90 Å². The van der Waals surface area contributed by atoms with Crippen LogP contribution in [0.5, 0.6) is 0 Å². The Morgan fingerprint density at radius 2 is 1.63 bits per heavy atom. The molecule has 0 heterocycles. The molecule has 0 aromatic heterocycles. The maximum absolute atomic E-state index is 12.4. The van der Waals surface area contributed by atoms with Crippen LogP contribution in [0.4, 0.5) is 18.9 Å². The number of anilines is 1. The van der Waals surface area contributed by atoms with Crippen LogP contribution in [0.3, 0.4) is 0 Å². The molecule has 0 aliphatic heterocycles. The van der Waals surface area contributed by atoms with Crippen LogP contribution in [0, 0.1) is 0 Å². The molecule has 0 spiro atoms. The molecule has 0 bridgehead atoms. The number of hydrogen-bond acceptors (Lipinski definition) is 2. The van der Waals surface area contributed by atoms with Gasteiger partial charge in [-0.2, -0.15) is 13.2 Å². The number of likely N-dealkylation sites (N-methyl/N-ethyl adjacent to an activating group) is 1. The first kappa shape index (κ1) is 15.8. The first-order chi connectivity index (χ1) is 8.86. The molecule has 0 saturated carbocycles. The molecule has 0 aliphatic carbocycles. The Bertz CT molecular complexity index is 369. The van der Waals surface area contributed by atoms with Crippen LogP contribution in [0.1, 0.15) is 26.3 Å². The molecule has 1 unspecified atom stereocenters. The largest absolute Gasteiger partial charge is 0.416 e. The third-order valence-electron chi connectivity index (χ3n) is 3.05. The van der Waals surface area contributed by atoms with Gasteiger partial charge in [-0.3, -0.25) is 0 Å². The van der Waals surface area contributed by atoms with Gasteiger partial charge in [0.1, 0.15) is 0 Å². The minimum Gasteiger partial charge on any atom is -0.381 e. The maximum atomic E-state index is 12.4. The van der Waals surface area contributed by atoms with Gasteiger partial charge in [0.25, 0.3) is 0 Å². The zero-order valence-electron chi connectivity index (χ0n) is 11.6. The predicted octanol–water partition coefficient (Wildman–Crippen LogP) is 3.85. The molecule has 1 atom stereocenters. The van der Waals surface area contributed by atoms with Crippen molar-refractivity contribution in [3.8, 4) is 0 Å². The second kappa shape index (κ2) is 6.80. The topological polar surface area (TPSA) is 15.3 Å². The van der Waals surface area contributed by atoms with Gasteiger partial charge in [-0.05, 0) is 44.3 Å². The Morgan fingerprint density at radius 1 is 1.11 bits per heavy atom. The second-order valence-corrected chi connectivity index (χ2v) is 4.61. The summed E-state index contributed by atoms with van der Waals surface area (Å²) in [5.41, 5.74) is 0.0992. The van der Waals surface area contributed by atoms with Crippen LogP contribution in [-0.4, -0.2) is 30.6 Å². The highest BCUT2D eigenvalue weighted by Gasteiger charge is 2.29. The summed E-state index contributed by atoms with van der Waals surface area (Å²) < 4.78 is 37.3. The molecule has 0 radical (unpaired) electrons. The smallest absolute Gasteiger partial charge is 0.381 e. The highest BCUT2D eigenvalue weighted by atomic mass is 19.4. The number of benzene rings is 1. The molecule has 108 valence electrons. The average molecular weight is 274 g/mol. The summed E-state index contributed by atoms with van der Waals surface area (Å²) in [5, 5.41) is 3.21. The lowest BCUT2D eigenvalue weighted by molar-refractivity contribution is -0.137. The van der Waals surface area contributed by atoms with Crippen LogP contribution in [0.2, 0.25) is 0 Å². The fraction of sp³-hybridized carbons (Fsp3) is 0.571. The number of nitrogens with zero attached hydrogens (tertiary/aromatic N) is 1. The van der Waals surface area contributed by atoms with Crippen LogP contribution in [0.15, 0.2) is 24.3 Å². The van der Waals surface area contributed by atoms with Crippen LogP contribution >= 0.6 is 0 Å². The molecule has 0 aliphatic rings. The SMILES string of the molecule is CCN(CC)CC(C)Nc1ccc(C(F)(F)F)cc1. The van der Waals surface area contributed by atoms with Crippen LogP contribution in [-0.2, 0) is 6.18 Å². The maximum Gasteiger partial charge on any atom is 0.416 e. The molecule has 1 aromatic carbocycles. The molecule has 0 fully saturated rings. The van der Waals surface area contributed by atoms with Crippen molar-refractivity contribution in [2.24, 2.45) is 0 Å². The summed E-state index contributed by atoms with van der Waals surface area (Å²) in [4.78, 5) is 2.27. The number of halogens is 3. The van der Waals surface area contributed by atoms with Gasteiger partial charge in [-0.15, -0.1) is 0 Å². The number of rotatable bonds is 6. The van der Waals surface area contributed by atoms with Gasteiger partial charge in [0.05, 0.1) is 5.56 Å². The van der Waals surface area contributed by atoms with Crippen molar-refractivity contribution in [3.05, 3.63) is 29.8 Å². The summed E-state index contributed by atoms with van der Waals surface area (Å²) in [6.45, 7) is 9.01. The van der Waals surface area contributed by atoms with E-state index in [4.69, 9.17) is 0 Å². The summed E-state index contributed by atoms with van der Waals surface area (Å²) in [6, 6.07) is 5.35. The lowest BCUT2D eigenvalue weighted by Gasteiger charge is -2.24. The van der Waals surface area contributed by atoms with Gasteiger partial charge in [-0.1, -0.05) is 13.8 Å². The summed E-state index contributed by atoms with van der Waals surface area (Å²) in [5.74, 6) is 0. The molecule has 1 N–H and O–H groups in total. The first-order valence-corrected chi connectivity index (χ1v) is 6.53. The van der Waals surface area contributed by atoms with E-state index in [1.54, 1.807) is 0 Å². The zero-order chi connectivity index (χ0) is 14.5. The van der Waals surface area contributed by atoms with Crippen molar-refractivity contribution < 1.29 is 13.2 Å². The summed E-state index contributed by atoms with van der Waals surface area (Å²) >= 11 is 0. The summed E-state index contributed by atoms with van der Waals surface area (Å²) in [6.07, 6.45) is -4.27.